The molecular weight excluding hydrogens is 338 g/mol. The third kappa shape index (κ3) is 4.40. The van der Waals surface area contributed by atoms with Gasteiger partial charge >= 0.3 is 0 Å². The van der Waals surface area contributed by atoms with Crippen molar-refractivity contribution in [3.05, 3.63) is 29.8 Å². The van der Waals surface area contributed by atoms with Gasteiger partial charge in [-0.15, -0.1) is 0 Å². The Hall–Kier alpha value is -1.98. The Morgan fingerprint density at radius 2 is 1.73 bits per heavy atom. The Morgan fingerprint density at radius 3 is 2.38 bits per heavy atom. The summed E-state index contributed by atoms with van der Waals surface area (Å²) in [5.41, 5.74) is 0.259. The van der Waals surface area contributed by atoms with Crippen LogP contribution in [0.2, 0.25) is 0 Å². The number of carbonyl (C=O) groups excluding carboxylic acids is 2. The van der Waals surface area contributed by atoms with Gasteiger partial charge in [0.15, 0.2) is 11.6 Å². The first-order valence-corrected chi connectivity index (χ1v) is 9.48. The second kappa shape index (κ2) is 8.14. The van der Waals surface area contributed by atoms with E-state index in [0.29, 0.717) is 31.6 Å². The largest absolute Gasteiger partial charge is 0.342 e. The fourth-order valence-electron chi connectivity index (χ4n) is 4.07. The second-order valence-electron chi connectivity index (χ2n) is 7.70. The number of hydrogen-bond acceptors (Lipinski definition) is 2. The number of likely N-dealkylation sites (tertiary alicyclic amines) is 1. The van der Waals surface area contributed by atoms with Gasteiger partial charge < -0.3 is 10.2 Å². The summed E-state index contributed by atoms with van der Waals surface area (Å²) in [5.74, 6) is -1.49. The maximum absolute atomic E-state index is 13.2. The highest BCUT2D eigenvalue weighted by Crippen LogP contribution is 2.32. The summed E-state index contributed by atoms with van der Waals surface area (Å²) in [6.45, 7) is 3.87. The molecule has 26 heavy (non-hydrogen) atoms. The third-order valence-electron chi connectivity index (χ3n) is 5.60. The summed E-state index contributed by atoms with van der Waals surface area (Å²) in [4.78, 5) is 27.0. The lowest BCUT2D eigenvalue weighted by Gasteiger charge is -2.35. The average Bonchev–Trinajstić information content (AvgIpc) is 2.64. The molecule has 0 radical (unpaired) electrons. The summed E-state index contributed by atoms with van der Waals surface area (Å²) in [7, 11) is 0. The molecule has 142 valence electrons. The van der Waals surface area contributed by atoms with Gasteiger partial charge in [-0.3, -0.25) is 9.59 Å². The van der Waals surface area contributed by atoms with Gasteiger partial charge in [-0.25, -0.2) is 8.78 Å². The quantitative estimate of drug-likeness (QED) is 0.882. The highest BCUT2D eigenvalue weighted by molar-refractivity contribution is 5.92. The van der Waals surface area contributed by atoms with Crippen LogP contribution in [-0.2, 0) is 9.59 Å². The van der Waals surface area contributed by atoms with Crippen molar-refractivity contribution >= 4 is 17.5 Å². The topological polar surface area (TPSA) is 49.4 Å². The fraction of sp³-hybridized carbons (Fsp3) is 0.600. The molecule has 1 aromatic carbocycles. The van der Waals surface area contributed by atoms with Crippen LogP contribution in [0.3, 0.4) is 0 Å². The van der Waals surface area contributed by atoms with E-state index >= 15 is 0 Å². The third-order valence-corrected chi connectivity index (χ3v) is 5.60. The lowest BCUT2D eigenvalue weighted by molar-refractivity contribution is -0.139. The lowest BCUT2D eigenvalue weighted by atomic mass is 9.80. The number of benzene rings is 1. The van der Waals surface area contributed by atoms with Crippen molar-refractivity contribution in [3.63, 3.8) is 0 Å². The number of carbonyl (C=O) groups is 2. The molecule has 0 spiro atoms. The molecule has 3 rings (SSSR count). The predicted molar refractivity (Wildman–Crippen MR) is 95.4 cm³/mol. The SMILES string of the molecule is CC1CCCN(C(=O)C2CCC(C(=O)Nc3ccc(F)c(F)c3)CC2)C1. The van der Waals surface area contributed by atoms with Crippen LogP contribution in [0.4, 0.5) is 14.5 Å². The van der Waals surface area contributed by atoms with Gasteiger partial charge in [-0.05, 0) is 56.6 Å². The highest BCUT2D eigenvalue weighted by Gasteiger charge is 2.33. The Balaban J connectivity index is 1.50. The summed E-state index contributed by atoms with van der Waals surface area (Å²) in [6.07, 6.45) is 4.96. The summed E-state index contributed by atoms with van der Waals surface area (Å²) in [6, 6.07) is 3.34. The van der Waals surface area contributed by atoms with Crippen LogP contribution in [0.15, 0.2) is 18.2 Å². The number of rotatable bonds is 3. The molecule has 1 atom stereocenters. The van der Waals surface area contributed by atoms with Crippen LogP contribution in [0.5, 0.6) is 0 Å². The van der Waals surface area contributed by atoms with E-state index in [0.717, 1.165) is 31.6 Å². The molecule has 2 fully saturated rings. The minimum Gasteiger partial charge on any atom is -0.342 e. The minimum atomic E-state index is -0.979. The molecule has 2 aliphatic rings. The van der Waals surface area contributed by atoms with E-state index in [1.54, 1.807) is 0 Å². The normalized spacial score (nSPS) is 26.4. The van der Waals surface area contributed by atoms with Crippen LogP contribution in [-0.4, -0.2) is 29.8 Å². The zero-order valence-electron chi connectivity index (χ0n) is 15.1. The molecule has 2 amide bonds. The van der Waals surface area contributed by atoms with Gasteiger partial charge in [0.05, 0.1) is 0 Å². The van der Waals surface area contributed by atoms with E-state index in [1.807, 2.05) is 4.90 Å². The molecule has 1 heterocycles. The maximum atomic E-state index is 13.2. The number of anilines is 1. The molecule has 1 aliphatic heterocycles. The molecular formula is C20H26F2N2O2. The summed E-state index contributed by atoms with van der Waals surface area (Å²) < 4.78 is 26.2. The Bertz CT molecular complexity index is 672. The van der Waals surface area contributed by atoms with E-state index in [4.69, 9.17) is 0 Å². The summed E-state index contributed by atoms with van der Waals surface area (Å²) >= 11 is 0. The van der Waals surface area contributed by atoms with Gasteiger partial charge in [-0.1, -0.05) is 6.92 Å². The lowest BCUT2D eigenvalue weighted by Crippen LogP contribution is -2.43. The minimum absolute atomic E-state index is 0.00705. The maximum Gasteiger partial charge on any atom is 0.227 e. The van der Waals surface area contributed by atoms with Crippen molar-refractivity contribution in [2.24, 2.45) is 17.8 Å². The Morgan fingerprint density at radius 1 is 1.04 bits per heavy atom. The molecule has 1 aliphatic carbocycles. The number of amides is 2. The number of halogens is 2. The molecule has 1 N–H and O–H groups in total. The fourth-order valence-corrected chi connectivity index (χ4v) is 4.07. The van der Waals surface area contributed by atoms with Crippen molar-refractivity contribution < 1.29 is 18.4 Å². The van der Waals surface area contributed by atoms with Gasteiger partial charge in [0.25, 0.3) is 0 Å². The van der Waals surface area contributed by atoms with Crippen LogP contribution < -0.4 is 5.32 Å². The van der Waals surface area contributed by atoms with Gasteiger partial charge in [0.1, 0.15) is 0 Å². The standard InChI is InChI=1S/C20H26F2N2O2/c1-13-3-2-10-24(12-13)20(26)15-6-4-14(5-7-15)19(25)23-16-8-9-17(21)18(22)11-16/h8-9,11,13-15H,2-7,10,12H2,1H3,(H,23,25). The highest BCUT2D eigenvalue weighted by atomic mass is 19.2. The molecule has 1 aromatic rings. The van der Waals surface area contributed by atoms with E-state index < -0.39 is 11.6 Å². The van der Waals surface area contributed by atoms with Crippen molar-refractivity contribution in [3.8, 4) is 0 Å². The molecule has 1 unspecified atom stereocenters. The van der Waals surface area contributed by atoms with Crippen LogP contribution in [0.1, 0.15) is 45.4 Å². The first-order valence-electron chi connectivity index (χ1n) is 9.48. The van der Waals surface area contributed by atoms with E-state index in [1.165, 1.54) is 12.5 Å². The van der Waals surface area contributed by atoms with Gasteiger partial charge in [0, 0.05) is 36.7 Å². The molecule has 1 saturated carbocycles. The molecule has 0 aromatic heterocycles. The van der Waals surface area contributed by atoms with Gasteiger partial charge in [-0.2, -0.15) is 0 Å². The average molecular weight is 364 g/mol. The molecule has 6 heteroatoms. The van der Waals surface area contributed by atoms with E-state index in [9.17, 15) is 18.4 Å². The number of nitrogens with zero attached hydrogens (tertiary/aromatic N) is 1. The van der Waals surface area contributed by atoms with Crippen LogP contribution in [0.25, 0.3) is 0 Å². The van der Waals surface area contributed by atoms with Crippen LogP contribution in [0, 0.1) is 29.4 Å². The van der Waals surface area contributed by atoms with Crippen molar-refractivity contribution in [1.82, 2.24) is 4.90 Å². The van der Waals surface area contributed by atoms with E-state index in [2.05, 4.69) is 12.2 Å². The van der Waals surface area contributed by atoms with Crippen molar-refractivity contribution in [1.29, 1.82) is 0 Å². The zero-order chi connectivity index (χ0) is 18.7. The van der Waals surface area contributed by atoms with E-state index in [-0.39, 0.29) is 29.3 Å². The van der Waals surface area contributed by atoms with Crippen molar-refractivity contribution in [2.75, 3.05) is 18.4 Å². The monoisotopic (exact) mass is 364 g/mol. The summed E-state index contributed by atoms with van der Waals surface area (Å²) in [5, 5.41) is 2.65. The first kappa shape index (κ1) is 18.8. The predicted octanol–water partition coefficient (Wildman–Crippen LogP) is 3.97. The Kier molecular flexibility index (Phi) is 5.89. The molecule has 0 bridgehead atoms. The van der Waals surface area contributed by atoms with Crippen molar-refractivity contribution in [2.45, 2.75) is 45.4 Å². The Labute approximate surface area is 152 Å². The molecule has 1 saturated heterocycles. The van der Waals surface area contributed by atoms with Crippen LogP contribution >= 0.6 is 0 Å². The first-order chi connectivity index (χ1) is 12.4. The van der Waals surface area contributed by atoms with Gasteiger partial charge in [0.2, 0.25) is 11.8 Å². The second-order valence-corrected chi connectivity index (χ2v) is 7.70. The molecule has 4 nitrogen and oxygen atoms in total. The smallest absolute Gasteiger partial charge is 0.227 e. The number of nitrogens with one attached hydrogen (secondary N) is 1. The number of piperidine rings is 1. The zero-order valence-corrected chi connectivity index (χ0v) is 15.1. The number of hydrogen-bond donors (Lipinski definition) is 1.